The van der Waals surface area contributed by atoms with E-state index in [9.17, 15) is 19.2 Å². The summed E-state index contributed by atoms with van der Waals surface area (Å²) in [6.45, 7) is 5.64. The van der Waals surface area contributed by atoms with E-state index in [0.29, 0.717) is 17.9 Å². The third kappa shape index (κ3) is 7.84. The van der Waals surface area contributed by atoms with Crippen LogP contribution in [0, 0.1) is 5.92 Å². The molecule has 0 saturated carbocycles. The molecule has 1 aliphatic heterocycles. The molecule has 1 fully saturated rings. The zero-order valence-corrected chi connectivity index (χ0v) is 20.3. The second-order valence-electron chi connectivity index (χ2n) is 8.44. The van der Waals surface area contributed by atoms with Crippen molar-refractivity contribution in [3.63, 3.8) is 0 Å². The number of hydrogen-bond acceptors (Lipinski definition) is 9. The van der Waals surface area contributed by atoms with Gasteiger partial charge in [0.25, 0.3) is 5.91 Å². The van der Waals surface area contributed by atoms with Gasteiger partial charge in [-0.05, 0) is 19.3 Å². The molecule has 0 radical (unpaired) electrons. The summed E-state index contributed by atoms with van der Waals surface area (Å²) in [5.74, 6) is -1.75. The van der Waals surface area contributed by atoms with Gasteiger partial charge in [-0.2, -0.15) is 0 Å². The second kappa shape index (κ2) is 12.2. The molecule has 2 heterocycles. The number of methoxy groups -OCH3 is 2. The SMILES string of the molecule is COC[C@H](NC(=O)c1cncs1)C(=O)N[C@@H](COC)C(=O)N[C@@H](CC(C)C)C(=O)[C@@]1(C)CO1. The number of Topliss-reactive ketones (excluding diaryl/α,β-unsaturated/α-hetero) is 1. The molecule has 0 aromatic carbocycles. The molecule has 2 rings (SSSR count). The summed E-state index contributed by atoms with van der Waals surface area (Å²) in [5.41, 5.74) is 0.610. The van der Waals surface area contributed by atoms with Crippen LogP contribution in [0.3, 0.4) is 0 Å². The maximum Gasteiger partial charge on any atom is 0.263 e. The molecule has 11 nitrogen and oxygen atoms in total. The van der Waals surface area contributed by atoms with Crippen LogP contribution in [0.15, 0.2) is 11.7 Å². The molecule has 3 amide bonds. The number of thiazole rings is 1. The second-order valence-corrected chi connectivity index (χ2v) is 9.32. The van der Waals surface area contributed by atoms with Crippen molar-refractivity contribution in [2.75, 3.05) is 34.0 Å². The summed E-state index contributed by atoms with van der Waals surface area (Å²) in [6, 6.07) is -2.90. The van der Waals surface area contributed by atoms with Gasteiger partial charge in [0.1, 0.15) is 22.6 Å². The Morgan fingerprint density at radius 2 is 1.61 bits per heavy atom. The van der Waals surface area contributed by atoms with E-state index in [1.54, 1.807) is 6.92 Å². The van der Waals surface area contributed by atoms with Crippen LogP contribution in [0.4, 0.5) is 0 Å². The molecule has 4 atom stereocenters. The van der Waals surface area contributed by atoms with Gasteiger partial charge in [-0.1, -0.05) is 13.8 Å². The molecule has 0 unspecified atom stereocenters. The van der Waals surface area contributed by atoms with Gasteiger partial charge in [-0.15, -0.1) is 11.3 Å². The van der Waals surface area contributed by atoms with E-state index < -0.39 is 41.4 Å². The highest BCUT2D eigenvalue weighted by Gasteiger charge is 2.50. The van der Waals surface area contributed by atoms with Crippen molar-refractivity contribution in [1.29, 1.82) is 0 Å². The van der Waals surface area contributed by atoms with Crippen molar-refractivity contribution in [2.24, 2.45) is 5.92 Å². The number of hydrogen-bond donors (Lipinski definition) is 3. The average molecular weight is 485 g/mol. The predicted molar refractivity (Wildman–Crippen MR) is 120 cm³/mol. The number of nitrogens with zero attached hydrogens (tertiary/aromatic N) is 1. The normalized spacial score (nSPS) is 19.9. The summed E-state index contributed by atoms with van der Waals surface area (Å²) >= 11 is 1.13. The molecule has 1 aromatic heterocycles. The quantitative estimate of drug-likeness (QED) is 0.310. The van der Waals surface area contributed by atoms with Crippen LogP contribution in [-0.4, -0.2) is 86.3 Å². The molecular formula is C21H32N4O7S. The van der Waals surface area contributed by atoms with E-state index in [1.807, 2.05) is 13.8 Å². The highest BCUT2D eigenvalue weighted by atomic mass is 32.1. The van der Waals surface area contributed by atoms with E-state index in [0.717, 1.165) is 11.3 Å². The Morgan fingerprint density at radius 3 is 2.06 bits per heavy atom. The third-order valence-corrected chi connectivity index (χ3v) is 5.79. The molecule has 33 heavy (non-hydrogen) atoms. The number of ketones is 1. The van der Waals surface area contributed by atoms with Gasteiger partial charge >= 0.3 is 0 Å². The Balaban J connectivity index is 2.07. The molecule has 1 saturated heterocycles. The van der Waals surface area contributed by atoms with Gasteiger partial charge in [-0.25, -0.2) is 0 Å². The molecule has 0 aliphatic carbocycles. The van der Waals surface area contributed by atoms with Crippen LogP contribution in [0.25, 0.3) is 0 Å². The number of aromatic nitrogens is 1. The number of ether oxygens (including phenoxy) is 3. The Morgan fingerprint density at radius 1 is 1.06 bits per heavy atom. The fourth-order valence-electron chi connectivity index (χ4n) is 3.12. The lowest BCUT2D eigenvalue weighted by atomic mass is 9.93. The summed E-state index contributed by atoms with van der Waals surface area (Å²) in [6.07, 6.45) is 1.81. The Labute approximate surface area is 196 Å². The summed E-state index contributed by atoms with van der Waals surface area (Å²) < 4.78 is 15.4. The maximum absolute atomic E-state index is 13.0. The molecule has 3 N–H and O–H groups in total. The van der Waals surface area contributed by atoms with Gasteiger partial charge in [0, 0.05) is 14.2 Å². The average Bonchev–Trinajstić information content (AvgIpc) is 3.27. The van der Waals surface area contributed by atoms with Crippen molar-refractivity contribution in [3.05, 3.63) is 16.6 Å². The van der Waals surface area contributed by atoms with Gasteiger partial charge < -0.3 is 30.2 Å². The van der Waals surface area contributed by atoms with E-state index in [4.69, 9.17) is 14.2 Å². The zero-order valence-electron chi connectivity index (χ0n) is 19.5. The molecule has 1 aliphatic rings. The van der Waals surface area contributed by atoms with Crippen molar-refractivity contribution in [3.8, 4) is 0 Å². The van der Waals surface area contributed by atoms with Gasteiger partial charge in [0.2, 0.25) is 11.8 Å². The minimum Gasteiger partial charge on any atom is -0.382 e. The molecular weight excluding hydrogens is 452 g/mol. The van der Waals surface area contributed by atoms with E-state index in [-0.39, 0.29) is 24.9 Å². The number of carbonyl (C=O) groups excluding carboxylic acids is 4. The van der Waals surface area contributed by atoms with E-state index in [2.05, 4.69) is 20.9 Å². The van der Waals surface area contributed by atoms with Crippen molar-refractivity contribution in [1.82, 2.24) is 20.9 Å². The molecule has 0 bridgehead atoms. The van der Waals surface area contributed by atoms with Gasteiger partial charge in [0.15, 0.2) is 5.78 Å². The van der Waals surface area contributed by atoms with Crippen LogP contribution in [-0.2, 0) is 28.6 Å². The Hall–Kier alpha value is -2.41. The largest absolute Gasteiger partial charge is 0.382 e. The fourth-order valence-corrected chi connectivity index (χ4v) is 3.65. The maximum atomic E-state index is 13.0. The minimum absolute atomic E-state index is 0.109. The lowest BCUT2D eigenvalue weighted by Crippen LogP contribution is -2.58. The van der Waals surface area contributed by atoms with Gasteiger partial charge in [-0.3, -0.25) is 24.2 Å². The van der Waals surface area contributed by atoms with Crippen LogP contribution in [0.2, 0.25) is 0 Å². The van der Waals surface area contributed by atoms with Crippen molar-refractivity contribution >= 4 is 34.8 Å². The topological polar surface area (TPSA) is 148 Å². The number of carbonyl (C=O) groups is 4. The first-order valence-electron chi connectivity index (χ1n) is 10.6. The van der Waals surface area contributed by atoms with E-state index in [1.165, 1.54) is 25.9 Å². The Bertz CT molecular complexity index is 827. The molecule has 0 spiro atoms. The number of amides is 3. The van der Waals surface area contributed by atoms with E-state index >= 15 is 0 Å². The predicted octanol–water partition coefficient (Wildman–Crippen LogP) is -0.0920. The highest BCUT2D eigenvalue weighted by molar-refractivity contribution is 7.11. The monoisotopic (exact) mass is 484 g/mol. The van der Waals surface area contributed by atoms with Crippen LogP contribution in [0.1, 0.15) is 36.9 Å². The lowest BCUT2D eigenvalue weighted by Gasteiger charge is -2.26. The first-order valence-corrected chi connectivity index (χ1v) is 11.5. The zero-order chi connectivity index (χ0) is 24.6. The Kier molecular flexibility index (Phi) is 9.89. The number of epoxide rings is 1. The number of rotatable bonds is 14. The van der Waals surface area contributed by atoms with Crippen LogP contribution in [0.5, 0.6) is 0 Å². The summed E-state index contributed by atoms with van der Waals surface area (Å²) in [7, 11) is 2.78. The summed E-state index contributed by atoms with van der Waals surface area (Å²) in [4.78, 5) is 55.1. The van der Waals surface area contributed by atoms with Crippen LogP contribution >= 0.6 is 11.3 Å². The lowest BCUT2D eigenvalue weighted by molar-refractivity contribution is -0.134. The van der Waals surface area contributed by atoms with Crippen molar-refractivity contribution in [2.45, 2.75) is 50.9 Å². The molecule has 1 aromatic rings. The third-order valence-electron chi connectivity index (χ3n) is 5.02. The first-order chi connectivity index (χ1) is 15.6. The smallest absolute Gasteiger partial charge is 0.263 e. The standard InChI is InChI=1S/C21H32N4O7S/c1-12(2)6-13(17(26)21(3)10-32-21)23-18(27)14(8-30-4)24-19(28)15(9-31-5)25-20(29)16-7-22-11-33-16/h7,11-15H,6,8-10H2,1-5H3,(H,23,27)(H,24,28)(H,25,29)/t13-,14-,15-,21+/m0/s1. The number of nitrogens with one attached hydrogen (secondary N) is 3. The highest BCUT2D eigenvalue weighted by Crippen LogP contribution is 2.29. The summed E-state index contributed by atoms with van der Waals surface area (Å²) in [5, 5.41) is 7.88. The molecule has 12 heteroatoms. The minimum atomic E-state index is -1.09. The van der Waals surface area contributed by atoms with Gasteiger partial charge in [0.05, 0.1) is 37.6 Å². The fraction of sp³-hybridized carbons (Fsp3) is 0.667. The van der Waals surface area contributed by atoms with Crippen molar-refractivity contribution < 1.29 is 33.4 Å². The molecule has 184 valence electrons. The van der Waals surface area contributed by atoms with Crippen LogP contribution < -0.4 is 16.0 Å². The first kappa shape index (κ1) is 26.8.